The van der Waals surface area contributed by atoms with Crippen molar-refractivity contribution in [2.75, 3.05) is 14.2 Å². The highest BCUT2D eigenvalue weighted by atomic mass is 19.4. The molecule has 0 amide bonds. The molecular formula is C15H13F3O2. The summed E-state index contributed by atoms with van der Waals surface area (Å²) in [5, 5.41) is 0. The molecule has 106 valence electrons. The lowest BCUT2D eigenvalue weighted by Gasteiger charge is -2.12. The van der Waals surface area contributed by atoms with Gasteiger partial charge in [0, 0.05) is 11.6 Å². The molecule has 0 radical (unpaired) electrons. The van der Waals surface area contributed by atoms with Gasteiger partial charge in [-0.2, -0.15) is 13.2 Å². The second-order valence-corrected chi connectivity index (χ2v) is 4.14. The summed E-state index contributed by atoms with van der Waals surface area (Å²) in [7, 11) is 2.98. The number of methoxy groups -OCH3 is 2. The summed E-state index contributed by atoms with van der Waals surface area (Å²) in [5.41, 5.74) is 0.339. The largest absolute Gasteiger partial charge is 0.497 e. The zero-order chi connectivity index (χ0) is 14.8. The Morgan fingerprint density at radius 3 is 2.25 bits per heavy atom. The standard InChI is InChI=1S/C15H13F3O2/c1-19-12-6-7-13(14(9-12)20-2)10-4-3-5-11(8-10)15(16,17)18/h3-9H,1-2H3. The molecular weight excluding hydrogens is 269 g/mol. The minimum Gasteiger partial charge on any atom is -0.497 e. The van der Waals surface area contributed by atoms with Crippen molar-refractivity contribution in [3.05, 3.63) is 48.0 Å². The van der Waals surface area contributed by atoms with Gasteiger partial charge >= 0.3 is 6.18 Å². The van der Waals surface area contributed by atoms with Crippen molar-refractivity contribution < 1.29 is 22.6 Å². The van der Waals surface area contributed by atoms with Crippen LogP contribution in [-0.2, 0) is 6.18 Å². The second kappa shape index (κ2) is 5.45. The van der Waals surface area contributed by atoms with Gasteiger partial charge in [0.1, 0.15) is 11.5 Å². The van der Waals surface area contributed by atoms with E-state index in [1.165, 1.54) is 20.3 Å². The van der Waals surface area contributed by atoms with Crippen LogP contribution in [-0.4, -0.2) is 14.2 Å². The zero-order valence-corrected chi connectivity index (χ0v) is 11.0. The van der Waals surface area contributed by atoms with Crippen LogP contribution in [0.4, 0.5) is 13.2 Å². The fraction of sp³-hybridized carbons (Fsp3) is 0.200. The summed E-state index contributed by atoms with van der Waals surface area (Å²) in [6, 6.07) is 10.1. The molecule has 2 rings (SSSR count). The molecule has 0 N–H and O–H groups in total. The van der Waals surface area contributed by atoms with Crippen LogP contribution in [0.1, 0.15) is 5.56 Å². The molecule has 0 spiro atoms. The molecule has 0 aliphatic rings. The van der Waals surface area contributed by atoms with E-state index in [0.717, 1.165) is 12.1 Å². The lowest BCUT2D eigenvalue weighted by atomic mass is 10.0. The van der Waals surface area contributed by atoms with Crippen LogP contribution < -0.4 is 9.47 Å². The van der Waals surface area contributed by atoms with Crippen LogP contribution in [0.5, 0.6) is 11.5 Å². The Hall–Kier alpha value is -2.17. The van der Waals surface area contributed by atoms with Crippen molar-refractivity contribution in [2.45, 2.75) is 6.18 Å². The maximum atomic E-state index is 12.7. The first-order valence-electron chi connectivity index (χ1n) is 5.85. The van der Waals surface area contributed by atoms with Crippen molar-refractivity contribution in [2.24, 2.45) is 0 Å². The van der Waals surface area contributed by atoms with Gasteiger partial charge < -0.3 is 9.47 Å². The molecule has 2 nitrogen and oxygen atoms in total. The normalized spacial score (nSPS) is 11.2. The molecule has 0 bridgehead atoms. The summed E-state index contributed by atoms with van der Waals surface area (Å²) in [6.07, 6.45) is -4.37. The van der Waals surface area contributed by atoms with E-state index in [0.29, 0.717) is 22.6 Å². The molecule has 0 unspecified atom stereocenters. The van der Waals surface area contributed by atoms with Crippen molar-refractivity contribution in [1.82, 2.24) is 0 Å². The number of hydrogen-bond acceptors (Lipinski definition) is 2. The summed E-state index contributed by atoms with van der Waals surface area (Å²) in [6.45, 7) is 0. The number of rotatable bonds is 3. The molecule has 2 aromatic carbocycles. The van der Waals surface area contributed by atoms with E-state index < -0.39 is 11.7 Å². The average molecular weight is 282 g/mol. The monoisotopic (exact) mass is 282 g/mol. The third-order valence-electron chi connectivity index (χ3n) is 2.91. The molecule has 0 atom stereocenters. The summed E-state index contributed by atoms with van der Waals surface area (Å²) < 4.78 is 48.5. The van der Waals surface area contributed by atoms with Crippen molar-refractivity contribution in [1.29, 1.82) is 0 Å². The van der Waals surface area contributed by atoms with Gasteiger partial charge in [-0.1, -0.05) is 12.1 Å². The molecule has 0 saturated heterocycles. The van der Waals surface area contributed by atoms with Crippen LogP contribution >= 0.6 is 0 Å². The quantitative estimate of drug-likeness (QED) is 0.831. The lowest BCUT2D eigenvalue weighted by molar-refractivity contribution is -0.137. The Kier molecular flexibility index (Phi) is 3.88. The fourth-order valence-corrected chi connectivity index (χ4v) is 1.90. The Morgan fingerprint density at radius 1 is 0.900 bits per heavy atom. The van der Waals surface area contributed by atoms with Crippen LogP contribution in [0.25, 0.3) is 11.1 Å². The van der Waals surface area contributed by atoms with Gasteiger partial charge in [0.05, 0.1) is 19.8 Å². The topological polar surface area (TPSA) is 18.5 Å². The van der Waals surface area contributed by atoms with Gasteiger partial charge in [-0.3, -0.25) is 0 Å². The third-order valence-corrected chi connectivity index (χ3v) is 2.91. The molecule has 0 aromatic heterocycles. The maximum Gasteiger partial charge on any atom is 0.416 e. The van der Waals surface area contributed by atoms with Crippen molar-refractivity contribution in [3.63, 3.8) is 0 Å². The highest BCUT2D eigenvalue weighted by molar-refractivity contribution is 5.72. The third kappa shape index (κ3) is 2.87. The first-order valence-corrected chi connectivity index (χ1v) is 5.85. The SMILES string of the molecule is COc1ccc(-c2cccc(C(F)(F)F)c2)c(OC)c1. The number of alkyl halides is 3. The Bertz CT molecular complexity index is 606. The molecule has 0 saturated carbocycles. The summed E-state index contributed by atoms with van der Waals surface area (Å²) >= 11 is 0. The second-order valence-electron chi connectivity index (χ2n) is 4.14. The minimum absolute atomic E-state index is 0.444. The van der Waals surface area contributed by atoms with Crippen LogP contribution in [0.2, 0.25) is 0 Å². The number of benzene rings is 2. The van der Waals surface area contributed by atoms with E-state index >= 15 is 0 Å². The summed E-state index contributed by atoms with van der Waals surface area (Å²) in [4.78, 5) is 0. The van der Waals surface area contributed by atoms with Crippen LogP contribution in [0, 0.1) is 0 Å². The molecule has 5 heteroatoms. The van der Waals surface area contributed by atoms with Gasteiger partial charge in [0.2, 0.25) is 0 Å². The van der Waals surface area contributed by atoms with Gasteiger partial charge in [-0.05, 0) is 29.8 Å². The van der Waals surface area contributed by atoms with Gasteiger partial charge in [0.15, 0.2) is 0 Å². The zero-order valence-electron chi connectivity index (χ0n) is 11.0. The number of halogens is 3. The lowest BCUT2D eigenvalue weighted by Crippen LogP contribution is -2.04. The van der Waals surface area contributed by atoms with Crippen LogP contribution in [0.15, 0.2) is 42.5 Å². The van der Waals surface area contributed by atoms with E-state index in [9.17, 15) is 13.2 Å². The molecule has 0 heterocycles. The predicted octanol–water partition coefficient (Wildman–Crippen LogP) is 4.39. The Balaban J connectivity index is 2.51. The Labute approximate surface area is 114 Å². The average Bonchev–Trinajstić information content (AvgIpc) is 2.45. The van der Waals surface area contributed by atoms with Crippen molar-refractivity contribution >= 4 is 0 Å². The molecule has 0 aliphatic heterocycles. The predicted molar refractivity (Wildman–Crippen MR) is 70.0 cm³/mol. The van der Waals surface area contributed by atoms with E-state index in [1.807, 2.05) is 0 Å². The number of hydrogen-bond donors (Lipinski definition) is 0. The molecule has 20 heavy (non-hydrogen) atoms. The molecule has 2 aromatic rings. The van der Waals surface area contributed by atoms with E-state index in [2.05, 4.69) is 0 Å². The van der Waals surface area contributed by atoms with Crippen molar-refractivity contribution in [3.8, 4) is 22.6 Å². The maximum absolute atomic E-state index is 12.7. The first kappa shape index (κ1) is 14.2. The Morgan fingerprint density at radius 2 is 1.65 bits per heavy atom. The highest BCUT2D eigenvalue weighted by Gasteiger charge is 2.30. The van der Waals surface area contributed by atoms with E-state index in [4.69, 9.17) is 9.47 Å². The van der Waals surface area contributed by atoms with Gasteiger partial charge in [-0.25, -0.2) is 0 Å². The van der Waals surface area contributed by atoms with Gasteiger partial charge in [-0.15, -0.1) is 0 Å². The summed E-state index contributed by atoms with van der Waals surface area (Å²) in [5.74, 6) is 1.04. The fourth-order valence-electron chi connectivity index (χ4n) is 1.90. The van der Waals surface area contributed by atoms with Gasteiger partial charge in [0.25, 0.3) is 0 Å². The minimum atomic E-state index is -4.37. The van der Waals surface area contributed by atoms with E-state index in [1.54, 1.807) is 24.3 Å². The van der Waals surface area contributed by atoms with Crippen LogP contribution in [0.3, 0.4) is 0 Å². The highest BCUT2D eigenvalue weighted by Crippen LogP contribution is 2.36. The first-order chi connectivity index (χ1) is 9.45. The van der Waals surface area contributed by atoms with E-state index in [-0.39, 0.29) is 0 Å². The molecule has 0 aliphatic carbocycles. The number of ether oxygens (including phenoxy) is 2. The molecule has 0 fully saturated rings. The smallest absolute Gasteiger partial charge is 0.416 e.